The molecule has 0 spiro atoms. The molecule has 0 bridgehead atoms. The van der Waals surface area contributed by atoms with Crippen LogP contribution in [0.15, 0.2) is 34.0 Å². The van der Waals surface area contributed by atoms with Crippen molar-refractivity contribution in [3.8, 4) is 0 Å². The fourth-order valence-corrected chi connectivity index (χ4v) is 7.27. The van der Waals surface area contributed by atoms with Crippen molar-refractivity contribution in [3.63, 3.8) is 0 Å². The van der Waals surface area contributed by atoms with Crippen LogP contribution in [-0.2, 0) is 28.5 Å². The van der Waals surface area contributed by atoms with Gasteiger partial charge in [-0.05, 0) is 24.8 Å². The van der Waals surface area contributed by atoms with E-state index >= 15 is 0 Å². The van der Waals surface area contributed by atoms with Crippen LogP contribution >= 0.6 is 0 Å². The molecule has 324 valence electrons. The minimum atomic E-state index is -1.85. The summed E-state index contributed by atoms with van der Waals surface area (Å²) in [5, 5.41) is 91.3. The number of rotatable bonds is 19. The standard InChI is InChI=1S/C37H60N4O16/c1-18(2)12-10-8-6-4-5-7-9-11-13-23(45)39-26-30(50)27(47)21(54-36(26)57-35-25(38-19(3)43)29(49)28(48)22(17-42)55-35)16-20(44)33-31(51)32(52)34(56-33)41-15-14-24(46)40-37(41)53/h11,13-15,18,20-22,25-36,42,44,47-52H,4-10,12,16-17H2,1-3H3,(H,38,43)(H,39,45)(H,40,46,53)/b13-11+/t20?,21-,22-,25-,26-,27+,28-,29-,30-,31-,32+,33+,34+,35+,36+/m0/s1. The van der Waals surface area contributed by atoms with Crippen molar-refractivity contribution < 1.29 is 69.4 Å². The van der Waals surface area contributed by atoms with Gasteiger partial charge in [-0.25, -0.2) is 4.79 Å². The van der Waals surface area contributed by atoms with Gasteiger partial charge in [0, 0.05) is 25.6 Å². The first kappa shape index (κ1) is 46.6. The van der Waals surface area contributed by atoms with Gasteiger partial charge in [0.15, 0.2) is 18.8 Å². The van der Waals surface area contributed by atoms with Crippen LogP contribution in [0, 0.1) is 5.92 Å². The average Bonchev–Trinajstić information content (AvgIpc) is 3.45. The number of H-pyrrole nitrogens is 1. The second-order valence-corrected chi connectivity index (χ2v) is 15.4. The van der Waals surface area contributed by atoms with Crippen molar-refractivity contribution in [2.75, 3.05) is 6.61 Å². The normalized spacial score (nSPS) is 35.1. The zero-order valence-electron chi connectivity index (χ0n) is 32.4. The summed E-state index contributed by atoms with van der Waals surface area (Å²) in [6.07, 6.45) is -10.3. The monoisotopic (exact) mass is 816 g/mol. The fraction of sp³-hybridized carbons (Fsp3) is 0.784. The largest absolute Gasteiger partial charge is 0.394 e. The second-order valence-electron chi connectivity index (χ2n) is 15.4. The Morgan fingerprint density at radius 2 is 1.44 bits per heavy atom. The van der Waals surface area contributed by atoms with E-state index in [1.807, 2.05) is 4.98 Å². The zero-order chi connectivity index (χ0) is 42.0. The third kappa shape index (κ3) is 12.4. The summed E-state index contributed by atoms with van der Waals surface area (Å²) in [7, 11) is 0. The number of allylic oxidation sites excluding steroid dienone is 1. The molecule has 57 heavy (non-hydrogen) atoms. The van der Waals surface area contributed by atoms with Crippen LogP contribution in [0.4, 0.5) is 0 Å². The highest BCUT2D eigenvalue weighted by Crippen LogP contribution is 2.34. The van der Waals surface area contributed by atoms with E-state index in [9.17, 15) is 60.0 Å². The van der Waals surface area contributed by atoms with Crippen LogP contribution in [0.2, 0.25) is 0 Å². The SMILES string of the molecule is CC(=O)N[C@@H]1[C@@H](O[C@H]2O[C@@H](CC(O)[C@H]3O[C@@H](n4ccc(=O)[nH]c4=O)[C@H](O)[C@@H]3O)[C@@H](O)[C@@H](O)[C@@H]2NC(=O)/C=C/CCCCCCCCC(C)C)O[C@@H](CO)[C@H](O)[C@H]1O. The molecular weight excluding hydrogens is 756 g/mol. The average molecular weight is 817 g/mol. The van der Waals surface area contributed by atoms with Crippen LogP contribution < -0.4 is 21.9 Å². The number of nitrogens with one attached hydrogen (secondary N) is 3. The van der Waals surface area contributed by atoms with Gasteiger partial charge in [-0.1, -0.05) is 58.4 Å². The third-order valence-corrected chi connectivity index (χ3v) is 10.5. The topological polar surface area (TPSA) is 312 Å². The molecule has 20 heteroatoms. The highest BCUT2D eigenvalue weighted by Gasteiger charge is 2.53. The number of hydrogen-bond acceptors (Lipinski definition) is 16. The van der Waals surface area contributed by atoms with Gasteiger partial charge in [0.1, 0.15) is 60.9 Å². The summed E-state index contributed by atoms with van der Waals surface area (Å²) in [5.41, 5.74) is -1.68. The highest BCUT2D eigenvalue weighted by molar-refractivity contribution is 5.87. The lowest BCUT2D eigenvalue weighted by atomic mass is 9.91. The van der Waals surface area contributed by atoms with E-state index in [1.54, 1.807) is 6.08 Å². The molecule has 1 unspecified atom stereocenters. The molecule has 0 aromatic carbocycles. The molecular formula is C37H60N4O16. The minimum Gasteiger partial charge on any atom is -0.394 e. The summed E-state index contributed by atoms with van der Waals surface area (Å²) < 4.78 is 24.1. The summed E-state index contributed by atoms with van der Waals surface area (Å²) >= 11 is 0. The lowest BCUT2D eigenvalue weighted by molar-refractivity contribution is -0.346. The van der Waals surface area contributed by atoms with Gasteiger partial charge >= 0.3 is 5.69 Å². The van der Waals surface area contributed by atoms with Gasteiger partial charge in [-0.15, -0.1) is 0 Å². The van der Waals surface area contributed by atoms with Crippen molar-refractivity contribution in [1.29, 1.82) is 0 Å². The van der Waals surface area contributed by atoms with Gasteiger partial charge in [-0.3, -0.25) is 23.9 Å². The molecule has 0 saturated carbocycles. The van der Waals surface area contributed by atoms with Crippen molar-refractivity contribution in [3.05, 3.63) is 45.3 Å². The first-order valence-corrected chi connectivity index (χ1v) is 19.6. The lowest BCUT2D eigenvalue weighted by Gasteiger charge is -2.47. The summed E-state index contributed by atoms with van der Waals surface area (Å²) in [6.45, 7) is 4.75. The van der Waals surface area contributed by atoms with Crippen molar-refractivity contribution >= 4 is 11.8 Å². The van der Waals surface area contributed by atoms with Crippen LogP contribution in [0.5, 0.6) is 0 Å². The predicted octanol–water partition coefficient (Wildman–Crippen LogP) is -2.87. The smallest absolute Gasteiger partial charge is 0.330 e. The molecule has 1 aromatic heterocycles. The van der Waals surface area contributed by atoms with E-state index in [0.29, 0.717) is 12.3 Å². The van der Waals surface area contributed by atoms with Crippen LogP contribution in [0.25, 0.3) is 0 Å². The molecule has 1 aromatic rings. The Balaban J connectivity index is 1.48. The number of nitrogens with zero attached hydrogens (tertiary/aromatic N) is 1. The number of carbonyl (C=O) groups excluding carboxylic acids is 2. The second kappa shape index (κ2) is 21.8. The van der Waals surface area contributed by atoms with E-state index in [-0.39, 0.29) is 0 Å². The Labute approximate surface area is 329 Å². The Morgan fingerprint density at radius 3 is 2.05 bits per heavy atom. The summed E-state index contributed by atoms with van der Waals surface area (Å²) in [6, 6.07) is -2.01. The molecule has 3 aliphatic heterocycles. The molecule has 4 rings (SSSR count). The van der Waals surface area contributed by atoms with Crippen molar-refractivity contribution in [2.45, 2.75) is 170 Å². The molecule has 20 nitrogen and oxygen atoms in total. The number of aliphatic hydroxyl groups excluding tert-OH is 8. The van der Waals surface area contributed by atoms with Crippen LogP contribution in [0.1, 0.15) is 84.8 Å². The number of aromatic nitrogens is 2. The van der Waals surface area contributed by atoms with Gasteiger partial charge in [0.25, 0.3) is 5.56 Å². The minimum absolute atomic E-state index is 0.598. The van der Waals surface area contributed by atoms with Gasteiger partial charge < -0.3 is 70.4 Å². The molecule has 0 aliphatic carbocycles. The third-order valence-electron chi connectivity index (χ3n) is 10.5. The molecule has 15 atom stereocenters. The Hall–Kier alpha value is -3.12. The summed E-state index contributed by atoms with van der Waals surface area (Å²) in [5.74, 6) is -0.665. The number of carbonyl (C=O) groups is 2. The number of amides is 2. The molecule has 0 radical (unpaired) electrons. The molecule has 3 fully saturated rings. The van der Waals surface area contributed by atoms with Gasteiger partial charge in [0.05, 0.1) is 18.8 Å². The summed E-state index contributed by atoms with van der Waals surface area (Å²) in [4.78, 5) is 51.0. The van der Waals surface area contributed by atoms with E-state index in [1.165, 1.54) is 25.3 Å². The van der Waals surface area contributed by atoms with Crippen LogP contribution in [0.3, 0.4) is 0 Å². The van der Waals surface area contributed by atoms with Crippen LogP contribution in [-0.4, -0.2) is 155 Å². The number of aromatic amines is 1. The van der Waals surface area contributed by atoms with Crippen molar-refractivity contribution in [1.82, 2.24) is 20.2 Å². The van der Waals surface area contributed by atoms with Gasteiger partial charge in [-0.2, -0.15) is 0 Å². The molecule has 3 saturated heterocycles. The molecule has 4 heterocycles. The van der Waals surface area contributed by atoms with E-state index < -0.39 is 128 Å². The van der Waals surface area contributed by atoms with E-state index in [0.717, 1.165) is 49.4 Å². The first-order chi connectivity index (χ1) is 27.0. The first-order valence-electron chi connectivity index (χ1n) is 19.6. The highest BCUT2D eigenvalue weighted by atomic mass is 16.8. The molecule has 2 amide bonds. The number of ether oxygens (including phenoxy) is 4. The quantitative estimate of drug-likeness (QED) is 0.0494. The van der Waals surface area contributed by atoms with E-state index in [2.05, 4.69) is 24.5 Å². The molecule has 3 aliphatic rings. The number of unbranched alkanes of at least 4 members (excludes halogenated alkanes) is 6. The number of hydrogen-bond donors (Lipinski definition) is 11. The molecule has 11 N–H and O–H groups in total. The number of aliphatic hydroxyl groups is 8. The maximum atomic E-state index is 13.1. The Bertz CT molecular complexity index is 1570. The van der Waals surface area contributed by atoms with Crippen molar-refractivity contribution in [2.24, 2.45) is 5.92 Å². The Kier molecular flexibility index (Phi) is 17.8. The predicted molar refractivity (Wildman–Crippen MR) is 198 cm³/mol. The lowest BCUT2D eigenvalue weighted by Crippen LogP contribution is -2.68. The maximum Gasteiger partial charge on any atom is 0.330 e. The maximum absolute atomic E-state index is 13.1. The van der Waals surface area contributed by atoms with Gasteiger partial charge in [0.2, 0.25) is 11.8 Å². The zero-order valence-corrected chi connectivity index (χ0v) is 32.4. The van der Waals surface area contributed by atoms with E-state index in [4.69, 9.17) is 18.9 Å². The Morgan fingerprint density at radius 1 is 0.842 bits per heavy atom. The fourth-order valence-electron chi connectivity index (χ4n) is 7.27.